The standard InChI is InChI=1S/C83H159NO8/c1-6-8-10-12-14-16-18-20-22-24-26-28-30-32-34-36-37-38-39-40-41-42-43-44-46-47-49-51-53-55-57-59-61-63-65-67-69-71-73-80(85)90-77-79(78-91-83(82(87)88)89-76-75-84(3,4)5)92-81(86)74-72-70-68-66-64-62-60-58-56-54-52-50-48-45-35-33-31-29-27-25-23-21-19-17-15-13-11-9-7-2/h19,21,25,27,79,83H,6-18,20,22-24,26,28-78H2,1-5H3/b21-19-,27-25-. The van der Waals surface area contributed by atoms with Crippen molar-refractivity contribution in [1.82, 2.24) is 0 Å². The van der Waals surface area contributed by atoms with Gasteiger partial charge in [0.2, 0.25) is 0 Å². The number of carbonyl (C=O) groups excluding carboxylic acids is 3. The average molecular weight is 1300 g/mol. The van der Waals surface area contributed by atoms with Crippen LogP contribution in [0, 0.1) is 0 Å². The Kier molecular flexibility index (Phi) is 72.8. The lowest BCUT2D eigenvalue weighted by molar-refractivity contribution is -0.870. The van der Waals surface area contributed by atoms with Crippen LogP contribution in [0.4, 0.5) is 0 Å². The number of likely N-dealkylation sites (N-methyl/N-ethyl adjacent to an activating group) is 1. The zero-order valence-electron chi connectivity index (χ0n) is 62.5. The Morgan fingerprint density at radius 2 is 0.587 bits per heavy atom. The van der Waals surface area contributed by atoms with Gasteiger partial charge in [0.05, 0.1) is 40.3 Å². The predicted molar refractivity (Wildman–Crippen MR) is 394 cm³/mol. The minimum atomic E-state index is -1.62. The van der Waals surface area contributed by atoms with Gasteiger partial charge in [0.1, 0.15) is 13.2 Å². The van der Waals surface area contributed by atoms with E-state index in [-0.39, 0.29) is 32.2 Å². The number of ether oxygens (including phenoxy) is 4. The highest BCUT2D eigenvalue weighted by atomic mass is 16.7. The van der Waals surface area contributed by atoms with Crippen LogP contribution in [0.1, 0.15) is 431 Å². The molecule has 0 aromatic heterocycles. The molecule has 0 radical (unpaired) electrons. The summed E-state index contributed by atoms with van der Waals surface area (Å²) in [5.41, 5.74) is 0. The summed E-state index contributed by atoms with van der Waals surface area (Å²) in [6.07, 6.45) is 91.8. The Labute approximate surface area is 573 Å². The van der Waals surface area contributed by atoms with Crippen LogP contribution in [-0.4, -0.2) is 82.3 Å². The van der Waals surface area contributed by atoms with E-state index in [1.165, 1.54) is 360 Å². The Bertz CT molecular complexity index is 1560. The second-order valence-corrected chi connectivity index (χ2v) is 29.4. The van der Waals surface area contributed by atoms with E-state index < -0.39 is 24.3 Å². The highest BCUT2D eigenvalue weighted by molar-refractivity contribution is 5.70. The summed E-state index contributed by atoms with van der Waals surface area (Å²) in [4.78, 5) is 37.6. The van der Waals surface area contributed by atoms with E-state index in [1.54, 1.807) is 0 Å². The Balaban J connectivity index is 3.93. The van der Waals surface area contributed by atoms with Gasteiger partial charge in [0.15, 0.2) is 12.4 Å². The Morgan fingerprint density at radius 1 is 0.326 bits per heavy atom. The Hall–Kier alpha value is -2.23. The number of carbonyl (C=O) groups is 3. The first-order valence-corrected chi connectivity index (χ1v) is 41.0. The molecular formula is C83H159NO8. The number of quaternary nitrogens is 1. The number of hydrogen-bond acceptors (Lipinski definition) is 8. The zero-order valence-corrected chi connectivity index (χ0v) is 62.5. The van der Waals surface area contributed by atoms with Crippen LogP contribution in [0.5, 0.6) is 0 Å². The summed E-state index contributed by atoms with van der Waals surface area (Å²) < 4.78 is 22.9. The van der Waals surface area contributed by atoms with Crippen LogP contribution < -0.4 is 5.11 Å². The molecule has 0 heterocycles. The SMILES string of the molecule is CCCCCCC/C=C\C/C=C\CCCCCCCCCCCCCCCCCCCC(=O)OC(COC(=O)CCCCCCCCCCCCCCCCCCCCCCCCCCCCCCCCCCCCCCCC)COC(OCC[N+](C)(C)C)C(=O)[O-]. The molecule has 0 aliphatic rings. The lowest BCUT2D eigenvalue weighted by Crippen LogP contribution is -2.44. The molecule has 0 bridgehead atoms. The van der Waals surface area contributed by atoms with Gasteiger partial charge in [0.25, 0.3) is 0 Å². The van der Waals surface area contributed by atoms with Crippen LogP contribution in [0.2, 0.25) is 0 Å². The van der Waals surface area contributed by atoms with Crippen molar-refractivity contribution in [3.8, 4) is 0 Å². The van der Waals surface area contributed by atoms with E-state index in [4.69, 9.17) is 18.9 Å². The van der Waals surface area contributed by atoms with E-state index in [0.29, 0.717) is 17.4 Å². The molecule has 92 heavy (non-hydrogen) atoms. The quantitative estimate of drug-likeness (QED) is 0.0195. The van der Waals surface area contributed by atoms with Gasteiger partial charge >= 0.3 is 11.9 Å². The smallest absolute Gasteiger partial charge is 0.306 e. The molecule has 9 heteroatoms. The number of aliphatic carboxylic acids is 1. The normalized spacial score (nSPS) is 12.7. The van der Waals surface area contributed by atoms with Gasteiger partial charge in [-0.15, -0.1) is 0 Å². The highest BCUT2D eigenvalue weighted by Crippen LogP contribution is 2.20. The molecule has 0 aliphatic heterocycles. The number of nitrogens with zero attached hydrogens (tertiary/aromatic N) is 1. The summed E-state index contributed by atoms with van der Waals surface area (Å²) in [6, 6.07) is 0. The minimum absolute atomic E-state index is 0.152. The molecular weight excluding hydrogens is 1140 g/mol. The second kappa shape index (κ2) is 74.6. The number of unbranched alkanes of at least 4 members (excludes halogenated alkanes) is 59. The van der Waals surface area contributed by atoms with Gasteiger partial charge < -0.3 is 33.3 Å². The summed E-state index contributed by atoms with van der Waals surface area (Å²) in [7, 11) is 5.95. The average Bonchev–Trinajstić information content (AvgIpc) is 3.75. The minimum Gasteiger partial charge on any atom is -0.545 e. The summed E-state index contributed by atoms with van der Waals surface area (Å²) in [6.45, 7) is 4.83. The number of allylic oxidation sites excluding steroid dienone is 4. The van der Waals surface area contributed by atoms with Crippen LogP contribution >= 0.6 is 0 Å². The molecule has 0 spiro atoms. The van der Waals surface area contributed by atoms with Gasteiger partial charge in [-0.3, -0.25) is 9.59 Å². The van der Waals surface area contributed by atoms with Crippen molar-refractivity contribution < 1.29 is 42.9 Å². The molecule has 2 unspecified atom stereocenters. The zero-order chi connectivity index (χ0) is 66.8. The van der Waals surface area contributed by atoms with Gasteiger partial charge in [0, 0.05) is 12.8 Å². The molecule has 0 saturated heterocycles. The molecule has 0 amide bonds. The van der Waals surface area contributed by atoms with Crippen LogP contribution in [0.25, 0.3) is 0 Å². The number of esters is 2. The molecule has 0 N–H and O–H groups in total. The van der Waals surface area contributed by atoms with E-state index >= 15 is 0 Å². The van der Waals surface area contributed by atoms with Crippen LogP contribution in [0.15, 0.2) is 24.3 Å². The molecule has 544 valence electrons. The maximum Gasteiger partial charge on any atom is 0.306 e. The van der Waals surface area contributed by atoms with Crippen molar-refractivity contribution in [2.75, 3.05) is 47.5 Å². The molecule has 0 fully saturated rings. The van der Waals surface area contributed by atoms with E-state index in [2.05, 4.69) is 38.2 Å². The lowest BCUT2D eigenvalue weighted by Gasteiger charge is -2.26. The van der Waals surface area contributed by atoms with Crippen molar-refractivity contribution >= 4 is 17.9 Å². The van der Waals surface area contributed by atoms with Gasteiger partial charge in [-0.25, -0.2) is 0 Å². The van der Waals surface area contributed by atoms with Crippen molar-refractivity contribution in [3.63, 3.8) is 0 Å². The van der Waals surface area contributed by atoms with Gasteiger partial charge in [-0.05, 0) is 44.9 Å². The first-order chi connectivity index (χ1) is 45.1. The summed E-state index contributed by atoms with van der Waals surface area (Å²) in [5, 5.41) is 11.9. The van der Waals surface area contributed by atoms with Crippen LogP contribution in [0.3, 0.4) is 0 Å². The van der Waals surface area contributed by atoms with Gasteiger partial charge in [-0.1, -0.05) is 398 Å². The third kappa shape index (κ3) is 75.2. The molecule has 0 aliphatic carbocycles. The molecule has 0 saturated carbocycles. The fourth-order valence-corrected chi connectivity index (χ4v) is 12.7. The van der Waals surface area contributed by atoms with Crippen molar-refractivity contribution in [3.05, 3.63) is 24.3 Å². The maximum absolute atomic E-state index is 13.0. The monoisotopic (exact) mass is 1300 g/mol. The number of carboxylic acids is 1. The molecule has 0 rings (SSSR count). The number of carboxylic acid groups (broad SMARTS) is 1. The summed E-state index contributed by atoms with van der Waals surface area (Å²) >= 11 is 0. The molecule has 0 aromatic rings. The van der Waals surface area contributed by atoms with E-state index in [0.717, 1.165) is 44.9 Å². The van der Waals surface area contributed by atoms with E-state index in [1.807, 2.05) is 21.1 Å². The largest absolute Gasteiger partial charge is 0.545 e. The van der Waals surface area contributed by atoms with Crippen LogP contribution in [-0.2, 0) is 33.3 Å². The maximum atomic E-state index is 13.0. The first kappa shape index (κ1) is 89.8. The number of hydrogen-bond donors (Lipinski definition) is 0. The second-order valence-electron chi connectivity index (χ2n) is 29.4. The summed E-state index contributed by atoms with van der Waals surface area (Å²) in [5.74, 6) is -2.25. The lowest BCUT2D eigenvalue weighted by atomic mass is 10.0. The first-order valence-electron chi connectivity index (χ1n) is 41.0. The molecule has 2 atom stereocenters. The Morgan fingerprint density at radius 3 is 0.859 bits per heavy atom. The number of rotatable bonds is 78. The topological polar surface area (TPSA) is 111 Å². The molecule has 0 aromatic carbocycles. The molecule has 9 nitrogen and oxygen atoms in total. The fraction of sp³-hybridized carbons (Fsp3) is 0.916. The van der Waals surface area contributed by atoms with Gasteiger partial charge in [-0.2, -0.15) is 0 Å². The van der Waals surface area contributed by atoms with Crippen molar-refractivity contribution in [2.45, 2.75) is 444 Å². The third-order valence-corrected chi connectivity index (χ3v) is 19.0. The van der Waals surface area contributed by atoms with E-state index in [9.17, 15) is 19.5 Å². The van der Waals surface area contributed by atoms with Crippen molar-refractivity contribution in [1.29, 1.82) is 0 Å². The van der Waals surface area contributed by atoms with Crippen molar-refractivity contribution in [2.24, 2.45) is 0 Å². The predicted octanol–water partition coefficient (Wildman–Crippen LogP) is 24.8. The highest BCUT2D eigenvalue weighted by Gasteiger charge is 2.22. The third-order valence-electron chi connectivity index (χ3n) is 19.0. The fourth-order valence-electron chi connectivity index (χ4n) is 12.7.